The molecule has 1 unspecified atom stereocenters. The zero-order valence-corrected chi connectivity index (χ0v) is 17.1. The summed E-state index contributed by atoms with van der Waals surface area (Å²) in [6.45, 7) is 1.91. The number of anilines is 2. The van der Waals surface area contributed by atoms with Crippen molar-refractivity contribution in [3.8, 4) is 16.5 Å². The monoisotopic (exact) mass is 419 g/mol. The molecule has 0 fully saturated rings. The molecular formula is C21H17N5OS2. The number of carbonyl (C=O) groups excluding carboxylic acids is 1. The Hall–Kier alpha value is -3.41. The van der Waals surface area contributed by atoms with Crippen molar-refractivity contribution in [2.24, 2.45) is 0 Å². The quantitative estimate of drug-likeness (QED) is 0.448. The molecule has 0 aliphatic carbocycles. The molecule has 0 saturated carbocycles. The highest BCUT2D eigenvalue weighted by atomic mass is 32.1. The number of nitrogen functional groups attached to an aromatic ring is 2. The van der Waals surface area contributed by atoms with Crippen LogP contribution in [0.25, 0.3) is 20.7 Å². The minimum Gasteiger partial charge on any atom is -0.397 e. The van der Waals surface area contributed by atoms with E-state index in [4.69, 9.17) is 11.5 Å². The lowest BCUT2D eigenvalue weighted by atomic mass is 10.0. The number of hydrogen-bond donors (Lipinski definition) is 3. The SMILES string of the molecule is CC(NC(=O)c1sc2nc(N)c(C#N)c(-c3cccs3)c2c1N)c1ccccc1. The van der Waals surface area contributed by atoms with Crippen LogP contribution in [0.15, 0.2) is 47.8 Å². The van der Waals surface area contributed by atoms with Gasteiger partial charge in [-0.1, -0.05) is 36.4 Å². The van der Waals surface area contributed by atoms with E-state index in [2.05, 4.69) is 16.4 Å². The highest BCUT2D eigenvalue weighted by Gasteiger charge is 2.25. The molecule has 4 rings (SSSR count). The number of rotatable bonds is 4. The smallest absolute Gasteiger partial charge is 0.264 e. The second-order valence-electron chi connectivity index (χ2n) is 6.47. The molecule has 3 heterocycles. The van der Waals surface area contributed by atoms with Crippen LogP contribution in [0.2, 0.25) is 0 Å². The molecule has 1 atom stereocenters. The minimum atomic E-state index is -0.281. The number of nitrogens with two attached hydrogens (primary N) is 2. The van der Waals surface area contributed by atoms with Crippen LogP contribution in [0.3, 0.4) is 0 Å². The molecule has 0 aliphatic heterocycles. The number of carbonyl (C=O) groups is 1. The number of nitrogens with one attached hydrogen (secondary N) is 1. The lowest BCUT2D eigenvalue weighted by molar-refractivity contribution is 0.0945. The maximum Gasteiger partial charge on any atom is 0.264 e. The predicted molar refractivity (Wildman–Crippen MR) is 119 cm³/mol. The zero-order valence-electron chi connectivity index (χ0n) is 15.5. The Kier molecular flexibility index (Phi) is 4.92. The van der Waals surface area contributed by atoms with Crippen LogP contribution < -0.4 is 16.8 Å². The van der Waals surface area contributed by atoms with Gasteiger partial charge in [0, 0.05) is 15.8 Å². The van der Waals surface area contributed by atoms with Crippen LogP contribution in [0.4, 0.5) is 11.5 Å². The third-order valence-corrected chi connectivity index (χ3v) is 6.62. The van der Waals surface area contributed by atoms with Crippen molar-refractivity contribution in [1.29, 1.82) is 5.26 Å². The van der Waals surface area contributed by atoms with Crippen molar-refractivity contribution in [1.82, 2.24) is 10.3 Å². The lowest BCUT2D eigenvalue weighted by Gasteiger charge is -2.13. The number of benzene rings is 1. The highest BCUT2D eigenvalue weighted by molar-refractivity contribution is 7.21. The summed E-state index contributed by atoms with van der Waals surface area (Å²) in [6.07, 6.45) is 0. The molecule has 144 valence electrons. The van der Waals surface area contributed by atoms with Gasteiger partial charge in [0.1, 0.15) is 27.2 Å². The summed E-state index contributed by atoms with van der Waals surface area (Å²) >= 11 is 2.66. The summed E-state index contributed by atoms with van der Waals surface area (Å²) in [7, 11) is 0. The second kappa shape index (κ2) is 7.54. The molecule has 4 aromatic rings. The number of amides is 1. The molecule has 5 N–H and O–H groups in total. The summed E-state index contributed by atoms with van der Waals surface area (Å²) < 4.78 is 0. The first kappa shape index (κ1) is 18.9. The number of pyridine rings is 1. The van der Waals surface area contributed by atoms with E-state index in [1.807, 2.05) is 54.8 Å². The molecular weight excluding hydrogens is 402 g/mol. The Bertz CT molecular complexity index is 1240. The number of thiophene rings is 2. The molecule has 1 amide bonds. The van der Waals surface area contributed by atoms with Gasteiger partial charge in [-0.15, -0.1) is 22.7 Å². The Morgan fingerprint density at radius 3 is 2.62 bits per heavy atom. The zero-order chi connectivity index (χ0) is 20.5. The van der Waals surface area contributed by atoms with Crippen molar-refractivity contribution in [2.75, 3.05) is 11.5 Å². The van der Waals surface area contributed by atoms with Crippen molar-refractivity contribution in [3.05, 3.63) is 63.8 Å². The third kappa shape index (κ3) is 3.31. The van der Waals surface area contributed by atoms with E-state index < -0.39 is 0 Å². The first-order valence-electron chi connectivity index (χ1n) is 8.82. The summed E-state index contributed by atoms with van der Waals surface area (Å²) in [4.78, 5) is 19.1. The second-order valence-corrected chi connectivity index (χ2v) is 8.41. The highest BCUT2D eigenvalue weighted by Crippen LogP contribution is 2.43. The lowest BCUT2D eigenvalue weighted by Crippen LogP contribution is -2.26. The van der Waals surface area contributed by atoms with Gasteiger partial charge in [-0.05, 0) is 23.9 Å². The van der Waals surface area contributed by atoms with Crippen molar-refractivity contribution < 1.29 is 4.79 Å². The molecule has 8 heteroatoms. The Balaban J connectivity index is 1.81. The first-order chi connectivity index (χ1) is 14.0. The average molecular weight is 420 g/mol. The maximum atomic E-state index is 13.0. The summed E-state index contributed by atoms with van der Waals surface area (Å²) in [5.74, 6) is -0.148. The van der Waals surface area contributed by atoms with E-state index in [9.17, 15) is 10.1 Å². The molecule has 1 aromatic carbocycles. The predicted octanol–water partition coefficient (Wildman–Crippen LogP) is 4.55. The molecule has 0 bridgehead atoms. The number of nitriles is 1. The summed E-state index contributed by atoms with van der Waals surface area (Å²) in [5, 5.41) is 15.1. The van der Waals surface area contributed by atoms with Gasteiger partial charge in [-0.25, -0.2) is 4.98 Å². The van der Waals surface area contributed by atoms with E-state index >= 15 is 0 Å². The number of nitrogens with zero attached hydrogens (tertiary/aromatic N) is 2. The largest absolute Gasteiger partial charge is 0.397 e. The van der Waals surface area contributed by atoms with Gasteiger partial charge in [0.25, 0.3) is 5.91 Å². The van der Waals surface area contributed by atoms with Crippen LogP contribution in [-0.4, -0.2) is 10.9 Å². The standard InChI is InChI=1S/C21H17N5OS2/c1-11(12-6-3-2-4-7-12)25-20(27)18-17(23)16-15(14-8-5-9-28-14)13(10-22)19(24)26-21(16)29-18/h2-9,11H,23H2,1H3,(H2,24,26)(H,25,27). The topological polar surface area (TPSA) is 118 Å². The van der Waals surface area contributed by atoms with Crippen LogP contribution in [0.1, 0.15) is 33.8 Å². The fourth-order valence-electron chi connectivity index (χ4n) is 3.21. The molecule has 0 radical (unpaired) electrons. The van der Waals surface area contributed by atoms with Crippen molar-refractivity contribution >= 4 is 50.3 Å². The van der Waals surface area contributed by atoms with Gasteiger partial charge >= 0.3 is 0 Å². The van der Waals surface area contributed by atoms with E-state index in [1.165, 1.54) is 22.7 Å². The van der Waals surface area contributed by atoms with Gasteiger partial charge in [0.05, 0.1) is 11.7 Å². The van der Waals surface area contributed by atoms with Crippen LogP contribution in [0.5, 0.6) is 0 Å². The van der Waals surface area contributed by atoms with Gasteiger partial charge in [0.2, 0.25) is 0 Å². The van der Waals surface area contributed by atoms with Gasteiger partial charge in [-0.3, -0.25) is 4.79 Å². The van der Waals surface area contributed by atoms with E-state index in [-0.39, 0.29) is 23.3 Å². The van der Waals surface area contributed by atoms with E-state index in [0.29, 0.717) is 26.3 Å². The fourth-order valence-corrected chi connectivity index (χ4v) is 5.00. The molecule has 0 spiro atoms. The van der Waals surface area contributed by atoms with Gasteiger partial charge < -0.3 is 16.8 Å². The maximum absolute atomic E-state index is 13.0. The molecule has 6 nitrogen and oxygen atoms in total. The Labute approximate surface area is 175 Å². The number of hydrogen-bond acceptors (Lipinski definition) is 7. The summed E-state index contributed by atoms with van der Waals surface area (Å²) in [5.41, 5.74) is 14.6. The van der Waals surface area contributed by atoms with Crippen LogP contribution in [0, 0.1) is 11.3 Å². The molecule has 3 aromatic heterocycles. The average Bonchev–Trinajstić information content (AvgIpc) is 3.36. The van der Waals surface area contributed by atoms with Crippen LogP contribution in [-0.2, 0) is 0 Å². The number of fused-ring (bicyclic) bond motifs is 1. The normalized spacial score (nSPS) is 11.9. The van der Waals surface area contributed by atoms with Gasteiger partial charge in [-0.2, -0.15) is 5.26 Å². The summed E-state index contributed by atoms with van der Waals surface area (Å²) in [6, 6.07) is 15.4. The number of aromatic nitrogens is 1. The Morgan fingerprint density at radius 1 is 1.21 bits per heavy atom. The van der Waals surface area contributed by atoms with Crippen LogP contribution >= 0.6 is 22.7 Å². The van der Waals surface area contributed by atoms with Crippen molar-refractivity contribution in [2.45, 2.75) is 13.0 Å². The van der Waals surface area contributed by atoms with E-state index in [0.717, 1.165) is 10.4 Å². The molecule has 29 heavy (non-hydrogen) atoms. The Morgan fingerprint density at radius 2 is 1.97 bits per heavy atom. The van der Waals surface area contributed by atoms with Crippen molar-refractivity contribution in [3.63, 3.8) is 0 Å². The first-order valence-corrected chi connectivity index (χ1v) is 10.5. The fraction of sp³-hybridized carbons (Fsp3) is 0.0952. The van der Waals surface area contributed by atoms with E-state index in [1.54, 1.807) is 0 Å². The molecule has 0 aliphatic rings. The molecule has 0 saturated heterocycles. The van der Waals surface area contributed by atoms with Gasteiger partial charge in [0.15, 0.2) is 0 Å². The minimum absolute atomic E-state index is 0.134. The third-order valence-electron chi connectivity index (χ3n) is 4.64.